The van der Waals surface area contributed by atoms with Crippen molar-refractivity contribution in [2.45, 2.75) is 32.1 Å². The van der Waals surface area contributed by atoms with Gasteiger partial charge >= 0.3 is 0 Å². The monoisotopic (exact) mass is 526 g/mol. The molecule has 4 aromatic carbocycles. The first-order valence-electron chi connectivity index (χ1n) is 14.6. The molecule has 2 aromatic heterocycles. The molecule has 0 saturated carbocycles. The Hall–Kier alpha value is -4.82. The summed E-state index contributed by atoms with van der Waals surface area (Å²) in [6.07, 6.45) is 6.32. The molecule has 0 bridgehead atoms. The molecule has 194 valence electrons. The fourth-order valence-electron chi connectivity index (χ4n) is 7.97. The van der Waals surface area contributed by atoms with Crippen LogP contribution in [0.4, 0.5) is 0 Å². The summed E-state index contributed by atoms with van der Waals surface area (Å²) in [5.74, 6) is 0. The second-order valence-corrected chi connectivity index (χ2v) is 12.2. The smallest absolute Gasteiger partial charge is 0.158 e. The van der Waals surface area contributed by atoms with Gasteiger partial charge < -0.3 is 0 Å². The third-order valence-electron chi connectivity index (χ3n) is 9.66. The molecule has 41 heavy (non-hydrogen) atoms. The number of allylic oxidation sites excluding steroid dienone is 2. The van der Waals surface area contributed by atoms with E-state index in [1.54, 1.807) is 0 Å². The molecule has 0 fully saturated rings. The molecule has 0 radical (unpaired) electrons. The molecular weight excluding hydrogens is 496 g/mol. The van der Waals surface area contributed by atoms with Crippen molar-refractivity contribution in [1.29, 1.82) is 0 Å². The molecule has 0 unspecified atom stereocenters. The van der Waals surface area contributed by atoms with Crippen molar-refractivity contribution >= 4 is 22.2 Å². The zero-order chi connectivity index (χ0) is 27.3. The van der Waals surface area contributed by atoms with Gasteiger partial charge in [-0.15, -0.1) is 0 Å². The van der Waals surface area contributed by atoms with Crippen LogP contribution < -0.4 is 9.13 Å². The summed E-state index contributed by atoms with van der Waals surface area (Å²) in [5, 5.41) is 2.68. The molecule has 2 heteroatoms. The molecule has 0 N–H and O–H groups in total. The van der Waals surface area contributed by atoms with Crippen LogP contribution in [0.5, 0.6) is 0 Å². The molecular formula is C39H30N2+2. The topological polar surface area (TPSA) is 7.76 Å². The molecule has 0 spiro atoms. The first-order valence-corrected chi connectivity index (χ1v) is 14.6. The van der Waals surface area contributed by atoms with Crippen LogP contribution in [0.3, 0.4) is 0 Å². The highest BCUT2D eigenvalue weighted by Gasteiger charge is 2.45. The van der Waals surface area contributed by atoms with Crippen molar-refractivity contribution in [3.05, 3.63) is 144 Å². The van der Waals surface area contributed by atoms with Crippen LogP contribution in [0.25, 0.3) is 55.8 Å². The summed E-state index contributed by atoms with van der Waals surface area (Å²) in [6.45, 7) is 4.85. The summed E-state index contributed by atoms with van der Waals surface area (Å²) in [7, 11) is 0. The molecule has 6 aromatic rings. The van der Waals surface area contributed by atoms with E-state index >= 15 is 0 Å². The Bertz CT molecular complexity index is 2130. The quantitative estimate of drug-likeness (QED) is 0.177. The second kappa shape index (κ2) is 8.11. The second-order valence-electron chi connectivity index (χ2n) is 12.2. The number of rotatable bonds is 0. The van der Waals surface area contributed by atoms with E-state index in [0.717, 1.165) is 12.8 Å². The molecule has 0 atom stereocenters. The standard InChI is InChI=1S/C39H30N2/c1-39(2)37-29-14-6-3-11-25(29)17-19-30(37)31-20-18-27-24-35(41-22-10-8-16-33(41)36(27)38(31)39)34-23-26-12-4-5-13-28(26)32-15-7-9-21-40(32)34/h3-22H,23-24H2,1-2H3/q+2/b35-34+. The average molecular weight is 527 g/mol. The predicted molar refractivity (Wildman–Crippen MR) is 166 cm³/mol. The van der Waals surface area contributed by atoms with Crippen molar-refractivity contribution < 1.29 is 9.13 Å². The van der Waals surface area contributed by atoms with Crippen LogP contribution in [0.1, 0.15) is 36.1 Å². The van der Waals surface area contributed by atoms with E-state index in [0.29, 0.717) is 0 Å². The van der Waals surface area contributed by atoms with Crippen molar-refractivity contribution in [2.24, 2.45) is 0 Å². The Morgan fingerprint density at radius 1 is 0.512 bits per heavy atom. The van der Waals surface area contributed by atoms with Crippen LogP contribution in [-0.4, -0.2) is 0 Å². The maximum Gasteiger partial charge on any atom is 0.259 e. The number of nitrogens with zero attached hydrogens (tertiary/aromatic N) is 2. The zero-order valence-corrected chi connectivity index (χ0v) is 23.4. The number of fused-ring (bicyclic) bond motifs is 12. The van der Waals surface area contributed by atoms with Gasteiger partial charge in [0.05, 0.1) is 24.0 Å². The SMILES string of the molecule is CC1(C)c2c(ccc3c2-c2cccc[n+]2/C(=C2\Cc4ccccc4-c4cccc[n+]42)C3)-c2ccc3ccccc3c21. The van der Waals surface area contributed by atoms with Crippen LogP contribution in [0.15, 0.2) is 122 Å². The Morgan fingerprint density at radius 3 is 2.00 bits per heavy atom. The lowest BCUT2D eigenvalue weighted by atomic mass is 9.75. The third kappa shape index (κ3) is 3.02. The van der Waals surface area contributed by atoms with E-state index in [-0.39, 0.29) is 5.41 Å². The number of hydrogen-bond acceptors (Lipinski definition) is 0. The Balaban J connectivity index is 1.31. The summed E-state index contributed by atoms with van der Waals surface area (Å²) in [6, 6.07) is 40.4. The van der Waals surface area contributed by atoms with E-state index in [1.165, 1.54) is 78.1 Å². The van der Waals surface area contributed by atoms with Gasteiger partial charge in [-0.1, -0.05) is 80.6 Å². The zero-order valence-electron chi connectivity index (χ0n) is 23.4. The van der Waals surface area contributed by atoms with Crippen LogP contribution in [0.2, 0.25) is 0 Å². The first-order chi connectivity index (χ1) is 20.1. The Kier molecular flexibility index (Phi) is 4.54. The molecule has 9 rings (SSSR count). The van der Waals surface area contributed by atoms with Gasteiger partial charge in [0.15, 0.2) is 12.4 Å². The lowest BCUT2D eigenvalue weighted by Crippen LogP contribution is -2.47. The van der Waals surface area contributed by atoms with Crippen molar-refractivity contribution in [3.8, 4) is 33.6 Å². The molecule has 2 nitrogen and oxygen atoms in total. The molecule has 1 aliphatic carbocycles. The molecule has 0 amide bonds. The van der Waals surface area contributed by atoms with Gasteiger partial charge in [0.25, 0.3) is 11.4 Å². The Labute approximate surface area is 240 Å². The van der Waals surface area contributed by atoms with E-state index in [9.17, 15) is 0 Å². The third-order valence-corrected chi connectivity index (χ3v) is 9.66. The van der Waals surface area contributed by atoms with Crippen molar-refractivity contribution in [3.63, 3.8) is 0 Å². The fourth-order valence-corrected chi connectivity index (χ4v) is 7.97. The summed E-state index contributed by atoms with van der Waals surface area (Å²) < 4.78 is 4.90. The summed E-state index contributed by atoms with van der Waals surface area (Å²) in [5.41, 5.74) is 16.4. The summed E-state index contributed by atoms with van der Waals surface area (Å²) in [4.78, 5) is 0. The minimum absolute atomic E-state index is 0.111. The molecule has 3 aliphatic rings. The average Bonchev–Trinajstić information content (AvgIpc) is 3.26. The maximum absolute atomic E-state index is 2.48. The largest absolute Gasteiger partial charge is 0.259 e. The number of pyridine rings is 2. The molecule has 0 saturated heterocycles. The van der Waals surface area contributed by atoms with E-state index in [4.69, 9.17) is 0 Å². The van der Waals surface area contributed by atoms with E-state index in [1.807, 2.05) is 0 Å². The Morgan fingerprint density at radius 2 is 1.15 bits per heavy atom. The normalized spacial score (nSPS) is 17.2. The van der Waals surface area contributed by atoms with Gasteiger partial charge in [0.2, 0.25) is 11.4 Å². The van der Waals surface area contributed by atoms with Gasteiger partial charge in [0.1, 0.15) is 0 Å². The predicted octanol–water partition coefficient (Wildman–Crippen LogP) is 7.99. The van der Waals surface area contributed by atoms with Gasteiger partial charge in [-0.2, -0.15) is 9.13 Å². The van der Waals surface area contributed by atoms with Gasteiger partial charge in [-0.3, -0.25) is 0 Å². The lowest BCUT2D eigenvalue weighted by Gasteiger charge is -2.28. The van der Waals surface area contributed by atoms with E-state index in [2.05, 4.69) is 145 Å². The number of benzene rings is 4. The highest BCUT2D eigenvalue weighted by molar-refractivity contribution is 6.00. The van der Waals surface area contributed by atoms with Crippen LogP contribution >= 0.6 is 0 Å². The minimum Gasteiger partial charge on any atom is -0.158 e. The van der Waals surface area contributed by atoms with Crippen LogP contribution in [-0.2, 0) is 18.3 Å². The maximum atomic E-state index is 2.48. The van der Waals surface area contributed by atoms with Crippen molar-refractivity contribution in [1.82, 2.24) is 0 Å². The fraction of sp³-hybridized carbons (Fsp3) is 0.128. The highest BCUT2D eigenvalue weighted by Crippen LogP contribution is 2.55. The van der Waals surface area contributed by atoms with Gasteiger partial charge in [0, 0.05) is 29.7 Å². The van der Waals surface area contributed by atoms with Crippen molar-refractivity contribution in [2.75, 3.05) is 0 Å². The van der Waals surface area contributed by atoms with Crippen LogP contribution in [0, 0.1) is 0 Å². The minimum atomic E-state index is -0.111. The number of aromatic nitrogens is 2. The van der Waals surface area contributed by atoms with Gasteiger partial charge in [-0.05, 0) is 62.4 Å². The molecule has 4 heterocycles. The highest BCUT2D eigenvalue weighted by atomic mass is 15.1. The number of hydrogen-bond donors (Lipinski definition) is 0. The molecule has 2 aliphatic heterocycles. The van der Waals surface area contributed by atoms with E-state index < -0.39 is 0 Å². The van der Waals surface area contributed by atoms with Gasteiger partial charge in [-0.25, -0.2) is 0 Å². The summed E-state index contributed by atoms with van der Waals surface area (Å²) >= 11 is 0. The lowest BCUT2D eigenvalue weighted by molar-refractivity contribution is -0.602. The first kappa shape index (κ1) is 22.9.